The lowest BCUT2D eigenvalue weighted by Gasteiger charge is -2.13. The average Bonchev–Trinajstić information content (AvgIpc) is 2.89. The van der Waals surface area contributed by atoms with Crippen LogP contribution in [0.25, 0.3) is 0 Å². The van der Waals surface area contributed by atoms with Crippen LogP contribution in [0.2, 0.25) is 10.0 Å². The highest BCUT2D eigenvalue weighted by Crippen LogP contribution is 2.36. The molecule has 0 spiro atoms. The number of thiophene rings is 1. The van der Waals surface area contributed by atoms with Gasteiger partial charge in [0.05, 0.1) is 15.7 Å². The maximum Gasteiger partial charge on any atom is 0.105 e. The number of aliphatic hydroxyl groups is 1. The fraction of sp³-hybridized carbons (Fsp3) is 0.167. The molecule has 1 heterocycles. The summed E-state index contributed by atoms with van der Waals surface area (Å²) in [6, 6.07) is 7.44. The number of rotatable bonds is 4. The highest BCUT2D eigenvalue weighted by atomic mass is 79.9. The molecule has 1 atom stereocenters. The van der Waals surface area contributed by atoms with Crippen LogP contribution in [0, 0.1) is 0 Å². The summed E-state index contributed by atoms with van der Waals surface area (Å²) in [5.74, 6) is 0. The lowest BCUT2D eigenvalue weighted by molar-refractivity contribution is 0.195. The van der Waals surface area contributed by atoms with E-state index in [1.165, 1.54) is 11.3 Å². The zero-order chi connectivity index (χ0) is 13.1. The van der Waals surface area contributed by atoms with Gasteiger partial charge in [0.1, 0.15) is 6.10 Å². The lowest BCUT2D eigenvalue weighted by atomic mass is 10.2. The zero-order valence-electron chi connectivity index (χ0n) is 9.16. The van der Waals surface area contributed by atoms with E-state index in [0.717, 1.165) is 9.35 Å². The van der Waals surface area contributed by atoms with Gasteiger partial charge in [0, 0.05) is 15.9 Å². The summed E-state index contributed by atoms with van der Waals surface area (Å²) in [6.45, 7) is 0.387. The Balaban J connectivity index is 2.05. The molecule has 0 bridgehead atoms. The molecule has 18 heavy (non-hydrogen) atoms. The van der Waals surface area contributed by atoms with Crippen molar-refractivity contribution in [1.82, 2.24) is 0 Å². The topological polar surface area (TPSA) is 32.3 Å². The molecule has 0 aliphatic rings. The SMILES string of the molecule is OC(CNc1ccc(Br)c(Cl)c1Cl)c1cccs1. The van der Waals surface area contributed by atoms with Crippen molar-refractivity contribution in [3.05, 3.63) is 49.0 Å². The maximum absolute atomic E-state index is 9.95. The predicted molar refractivity (Wildman–Crippen MR) is 81.9 cm³/mol. The second-order valence-corrected chi connectivity index (χ2v) is 6.22. The largest absolute Gasteiger partial charge is 0.386 e. The standard InChI is InChI=1S/C12H10BrCl2NOS/c13-7-3-4-8(12(15)11(7)14)16-6-9(17)10-2-1-5-18-10/h1-5,9,16-17H,6H2. The van der Waals surface area contributed by atoms with Crippen LogP contribution in [-0.4, -0.2) is 11.7 Å². The molecular weight excluding hydrogens is 357 g/mol. The molecule has 0 aliphatic carbocycles. The highest BCUT2D eigenvalue weighted by Gasteiger charge is 2.11. The number of benzene rings is 1. The van der Waals surface area contributed by atoms with Crippen molar-refractivity contribution in [1.29, 1.82) is 0 Å². The van der Waals surface area contributed by atoms with Crippen LogP contribution >= 0.6 is 50.5 Å². The third-order valence-electron chi connectivity index (χ3n) is 2.39. The molecule has 0 amide bonds. The Bertz CT molecular complexity index is 533. The number of hydrogen-bond donors (Lipinski definition) is 2. The van der Waals surface area contributed by atoms with E-state index in [1.807, 2.05) is 29.6 Å². The zero-order valence-corrected chi connectivity index (χ0v) is 13.1. The van der Waals surface area contributed by atoms with Crippen molar-refractivity contribution in [2.45, 2.75) is 6.10 Å². The average molecular weight is 367 g/mol. The summed E-state index contributed by atoms with van der Waals surface area (Å²) in [5, 5.41) is 15.9. The number of halogens is 3. The molecule has 1 aromatic heterocycles. The van der Waals surface area contributed by atoms with Gasteiger partial charge < -0.3 is 10.4 Å². The van der Waals surface area contributed by atoms with Gasteiger partial charge in [0.15, 0.2) is 0 Å². The minimum absolute atomic E-state index is 0.387. The molecule has 2 nitrogen and oxygen atoms in total. The summed E-state index contributed by atoms with van der Waals surface area (Å²) >= 11 is 16.9. The first-order valence-corrected chi connectivity index (χ1v) is 7.61. The molecule has 0 saturated heterocycles. The molecule has 2 N–H and O–H groups in total. The van der Waals surface area contributed by atoms with Gasteiger partial charge in [0.25, 0.3) is 0 Å². The van der Waals surface area contributed by atoms with E-state index in [9.17, 15) is 5.11 Å². The molecular formula is C12H10BrCl2NOS. The van der Waals surface area contributed by atoms with Crippen molar-refractivity contribution in [2.24, 2.45) is 0 Å². The van der Waals surface area contributed by atoms with Crippen LogP contribution in [0.1, 0.15) is 11.0 Å². The quantitative estimate of drug-likeness (QED) is 0.749. The molecule has 1 aromatic carbocycles. The van der Waals surface area contributed by atoms with Gasteiger partial charge >= 0.3 is 0 Å². The highest BCUT2D eigenvalue weighted by molar-refractivity contribution is 9.10. The van der Waals surface area contributed by atoms with Crippen molar-refractivity contribution in [3.63, 3.8) is 0 Å². The van der Waals surface area contributed by atoms with Crippen molar-refractivity contribution < 1.29 is 5.11 Å². The third-order valence-corrected chi connectivity index (χ3v) is 5.14. The first kappa shape index (κ1) is 14.2. The van der Waals surface area contributed by atoms with E-state index >= 15 is 0 Å². The Morgan fingerprint density at radius 1 is 1.28 bits per heavy atom. The fourth-order valence-corrected chi connectivity index (χ4v) is 3.00. The number of hydrogen-bond acceptors (Lipinski definition) is 3. The van der Waals surface area contributed by atoms with Crippen LogP contribution in [0.3, 0.4) is 0 Å². The van der Waals surface area contributed by atoms with E-state index in [4.69, 9.17) is 23.2 Å². The van der Waals surface area contributed by atoms with Crippen molar-refractivity contribution >= 4 is 56.2 Å². The van der Waals surface area contributed by atoms with Crippen LogP contribution < -0.4 is 5.32 Å². The molecule has 1 unspecified atom stereocenters. The first-order chi connectivity index (χ1) is 8.59. The van der Waals surface area contributed by atoms with Gasteiger partial charge in [-0.1, -0.05) is 29.3 Å². The Morgan fingerprint density at radius 3 is 2.72 bits per heavy atom. The first-order valence-electron chi connectivity index (χ1n) is 5.18. The Labute approximate surface area is 128 Å². The van der Waals surface area contributed by atoms with Gasteiger partial charge in [-0.15, -0.1) is 11.3 Å². The van der Waals surface area contributed by atoms with Crippen molar-refractivity contribution in [2.75, 3.05) is 11.9 Å². The van der Waals surface area contributed by atoms with Gasteiger partial charge in [0.2, 0.25) is 0 Å². The Hall–Kier alpha value is -0.260. The molecule has 0 aliphatic heterocycles. The molecule has 96 valence electrons. The van der Waals surface area contributed by atoms with E-state index in [2.05, 4.69) is 21.2 Å². The summed E-state index contributed by atoms with van der Waals surface area (Å²) in [4.78, 5) is 0.918. The molecule has 0 radical (unpaired) electrons. The van der Waals surface area contributed by atoms with E-state index in [1.54, 1.807) is 0 Å². The van der Waals surface area contributed by atoms with Gasteiger partial charge in [-0.2, -0.15) is 0 Å². The molecule has 6 heteroatoms. The van der Waals surface area contributed by atoms with E-state index < -0.39 is 6.10 Å². The Kier molecular flexibility index (Phi) is 4.92. The third kappa shape index (κ3) is 3.19. The fourth-order valence-electron chi connectivity index (χ4n) is 1.45. The summed E-state index contributed by atoms with van der Waals surface area (Å²) in [7, 11) is 0. The van der Waals surface area contributed by atoms with Crippen LogP contribution in [0.15, 0.2) is 34.1 Å². The van der Waals surface area contributed by atoms with Crippen LogP contribution in [0.4, 0.5) is 5.69 Å². The molecule has 0 fully saturated rings. The minimum Gasteiger partial charge on any atom is -0.386 e. The van der Waals surface area contributed by atoms with Gasteiger partial charge in [-0.3, -0.25) is 0 Å². The van der Waals surface area contributed by atoms with E-state index in [-0.39, 0.29) is 0 Å². The van der Waals surface area contributed by atoms with Crippen molar-refractivity contribution in [3.8, 4) is 0 Å². The second-order valence-electron chi connectivity index (χ2n) is 3.64. The maximum atomic E-state index is 9.95. The van der Waals surface area contributed by atoms with Crippen LogP contribution in [-0.2, 0) is 0 Å². The minimum atomic E-state index is -0.552. The smallest absolute Gasteiger partial charge is 0.105 e. The molecule has 2 rings (SSSR count). The summed E-state index contributed by atoms with van der Waals surface area (Å²) in [5.41, 5.74) is 0.709. The predicted octanol–water partition coefficient (Wildman–Crippen LogP) is 4.96. The number of aliphatic hydroxyl groups excluding tert-OH is 1. The monoisotopic (exact) mass is 365 g/mol. The second kappa shape index (κ2) is 6.26. The Morgan fingerprint density at radius 2 is 2.06 bits per heavy atom. The van der Waals surface area contributed by atoms with Crippen LogP contribution in [0.5, 0.6) is 0 Å². The van der Waals surface area contributed by atoms with E-state index in [0.29, 0.717) is 22.3 Å². The van der Waals surface area contributed by atoms with Gasteiger partial charge in [-0.25, -0.2) is 0 Å². The normalized spacial score (nSPS) is 12.4. The lowest BCUT2D eigenvalue weighted by Crippen LogP contribution is -2.11. The van der Waals surface area contributed by atoms with Gasteiger partial charge in [-0.05, 0) is 39.5 Å². The number of nitrogens with one attached hydrogen (secondary N) is 1. The number of anilines is 1. The molecule has 0 saturated carbocycles. The summed E-state index contributed by atoms with van der Waals surface area (Å²) < 4.78 is 0.749. The molecule has 2 aromatic rings. The summed E-state index contributed by atoms with van der Waals surface area (Å²) in [6.07, 6.45) is -0.552.